The molecule has 0 aliphatic heterocycles. The lowest BCUT2D eigenvalue weighted by Crippen LogP contribution is -2.28. The Kier molecular flexibility index (Phi) is 5.48. The minimum Gasteiger partial charge on any atom is -0.383 e. The van der Waals surface area contributed by atoms with E-state index >= 15 is 0 Å². The Morgan fingerprint density at radius 1 is 1.27 bits per heavy atom. The normalized spacial score (nSPS) is 11.1. The van der Waals surface area contributed by atoms with Crippen molar-refractivity contribution in [3.8, 4) is 11.1 Å². The molecule has 0 fully saturated rings. The van der Waals surface area contributed by atoms with Crippen molar-refractivity contribution in [1.82, 2.24) is 20.5 Å². The van der Waals surface area contributed by atoms with Gasteiger partial charge in [0.15, 0.2) is 0 Å². The number of anilines is 1. The first-order valence-electron chi connectivity index (χ1n) is 8.55. The molecule has 1 aromatic carbocycles. The quantitative estimate of drug-likeness (QED) is 0.568. The van der Waals surface area contributed by atoms with Gasteiger partial charge >= 0.3 is 0 Å². The number of benzene rings is 1. The molecule has 3 rings (SSSR count). The Morgan fingerprint density at radius 3 is 2.81 bits per heavy atom. The van der Waals surface area contributed by atoms with Crippen LogP contribution in [0.4, 0.5) is 5.69 Å². The SMILES string of the molecule is COCCNC(=O)c1cnc2ccc(-c3cn[nH]c3)cc2c1NC(C)C. The fourth-order valence-corrected chi connectivity index (χ4v) is 2.76. The summed E-state index contributed by atoms with van der Waals surface area (Å²) in [5.41, 5.74) is 4.12. The molecule has 0 saturated heterocycles. The van der Waals surface area contributed by atoms with Gasteiger partial charge in [0.05, 0.1) is 29.6 Å². The molecule has 7 nitrogen and oxygen atoms in total. The number of aromatic amines is 1. The summed E-state index contributed by atoms with van der Waals surface area (Å²) in [7, 11) is 1.60. The first-order chi connectivity index (χ1) is 12.6. The zero-order valence-electron chi connectivity index (χ0n) is 15.2. The monoisotopic (exact) mass is 353 g/mol. The molecule has 7 heteroatoms. The van der Waals surface area contributed by atoms with E-state index in [9.17, 15) is 4.79 Å². The van der Waals surface area contributed by atoms with Gasteiger partial charge in [-0.25, -0.2) is 0 Å². The molecule has 0 aliphatic carbocycles. The highest BCUT2D eigenvalue weighted by Crippen LogP contribution is 2.30. The van der Waals surface area contributed by atoms with Crippen molar-refractivity contribution in [2.75, 3.05) is 25.6 Å². The van der Waals surface area contributed by atoms with E-state index in [0.717, 1.165) is 27.7 Å². The fraction of sp³-hybridized carbons (Fsp3) is 0.316. The summed E-state index contributed by atoms with van der Waals surface area (Å²) in [5.74, 6) is -0.173. The van der Waals surface area contributed by atoms with Gasteiger partial charge in [0.2, 0.25) is 0 Å². The Bertz CT molecular complexity index is 890. The number of fused-ring (bicyclic) bond motifs is 1. The molecule has 2 aromatic heterocycles. The van der Waals surface area contributed by atoms with E-state index in [-0.39, 0.29) is 11.9 Å². The molecule has 0 unspecified atom stereocenters. The maximum Gasteiger partial charge on any atom is 0.255 e. The Morgan fingerprint density at radius 2 is 2.12 bits per heavy atom. The summed E-state index contributed by atoms with van der Waals surface area (Å²) in [6.45, 7) is 4.99. The molecule has 0 atom stereocenters. The van der Waals surface area contributed by atoms with E-state index in [0.29, 0.717) is 18.7 Å². The predicted molar refractivity (Wildman–Crippen MR) is 102 cm³/mol. The summed E-state index contributed by atoms with van der Waals surface area (Å²) >= 11 is 0. The number of carbonyl (C=O) groups is 1. The molecule has 0 spiro atoms. The van der Waals surface area contributed by atoms with Gasteiger partial charge in [0.25, 0.3) is 5.91 Å². The number of hydrogen-bond acceptors (Lipinski definition) is 5. The molecule has 0 saturated carbocycles. The zero-order valence-corrected chi connectivity index (χ0v) is 15.2. The number of carbonyl (C=O) groups excluding carboxylic acids is 1. The predicted octanol–water partition coefficient (Wildman–Crippen LogP) is 2.82. The number of hydrogen-bond donors (Lipinski definition) is 3. The first-order valence-corrected chi connectivity index (χ1v) is 8.55. The van der Waals surface area contributed by atoms with Gasteiger partial charge in [-0.15, -0.1) is 0 Å². The molecule has 136 valence electrons. The molecular formula is C19H23N5O2. The van der Waals surface area contributed by atoms with Crippen molar-refractivity contribution >= 4 is 22.5 Å². The topological polar surface area (TPSA) is 91.9 Å². The molecule has 26 heavy (non-hydrogen) atoms. The van der Waals surface area contributed by atoms with Crippen LogP contribution in [0.15, 0.2) is 36.8 Å². The molecule has 0 radical (unpaired) electrons. The smallest absolute Gasteiger partial charge is 0.255 e. The van der Waals surface area contributed by atoms with E-state index in [1.54, 1.807) is 19.5 Å². The van der Waals surface area contributed by atoms with E-state index in [2.05, 4.69) is 25.8 Å². The molecule has 3 N–H and O–H groups in total. The summed E-state index contributed by atoms with van der Waals surface area (Å²) in [6.07, 6.45) is 5.23. The lowest BCUT2D eigenvalue weighted by atomic mass is 10.0. The van der Waals surface area contributed by atoms with E-state index in [1.807, 2.05) is 38.2 Å². The minimum atomic E-state index is -0.173. The number of methoxy groups -OCH3 is 1. The van der Waals surface area contributed by atoms with Crippen molar-refractivity contribution in [3.05, 3.63) is 42.4 Å². The standard InChI is InChI=1S/C19H23N5O2/c1-12(2)24-18-15-8-13(14-9-22-23-10-14)4-5-17(15)21-11-16(18)19(25)20-6-7-26-3/h4-5,8-12H,6-7H2,1-3H3,(H,20,25)(H,21,24)(H,22,23). The highest BCUT2D eigenvalue weighted by Gasteiger charge is 2.17. The maximum atomic E-state index is 12.6. The third-order valence-electron chi connectivity index (χ3n) is 3.97. The average molecular weight is 353 g/mol. The Labute approximate surface area is 152 Å². The summed E-state index contributed by atoms with van der Waals surface area (Å²) in [5, 5.41) is 14.0. The van der Waals surface area contributed by atoms with Crippen LogP contribution in [0, 0.1) is 0 Å². The van der Waals surface area contributed by atoms with Crippen molar-refractivity contribution in [3.63, 3.8) is 0 Å². The second-order valence-corrected chi connectivity index (χ2v) is 6.31. The van der Waals surface area contributed by atoms with Crippen molar-refractivity contribution in [1.29, 1.82) is 0 Å². The summed E-state index contributed by atoms with van der Waals surface area (Å²) in [6, 6.07) is 6.15. The number of H-pyrrole nitrogens is 1. The van der Waals surface area contributed by atoms with Crippen LogP contribution >= 0.6 is 0 Å². The van der Waals surface area contributed by atoms with Crippen LogP contribution in [0.3, 0.4) is 0 Å². The van der Waals surface area contributed by atoms with Gasteiger partial charge in [0.1, 0.15) is 0 Å². The summed E-state index contributed by atoms with van der Waals surface area (Å²) in [4.78, 5) is 17.1. The number of nitrogens with zero attached hydrogens (tertiary/aromatic N) is 2. The Balaban J connectivity index is 2.07. The van der Waals surface area contributed by atoms with Crippen LogP contribution in [0.1, 0.15) is 24.2 Å². The van der Waals surface area contributed by atoms with Crippen LogP contribution in [0.25, 0.3) is 22.0 Å². The van der Waals surface area contributed by atoms with Gasteiger partial charge in [-0.2, -0.15) is 5.10 Å². The van der Waals surface area contributed by atoms with Gasteiger partial charge in [-0.1, -0.05) is 6.07 Å². The lowest BCUT2D eigenvalue weighted by molar-refractivity contribution is 0.0937. The molecule has 1 amide bonds. The first kappa shape index (κ1) is 17.9. The number of nitrogens with one attached hydrogen (secondary N) is 3. The lowest BCUT2D eigenvalue weighted by Gasteiger charge is -2.17. The Hall–Kier alpha value is -2.93. The number of pyridine rings is 1. The summed E-state index contributed by atoms with van der Waals surface area (Å²) < 4.78 is 5.00. The van der Waals surface area contributed by atoms with Crippen molar-refractivity contribution in [2.45, 2.75) is 19.9 Å². The fourth-order valence-electron chi connectivity index (χ4n) is 2.76. The average Bonchev–Trinajstić information content (AvgIpc) is 3.16. The van der Waals surface area contributed by atoms with Crippen LogP contribution in [0.2, 0.25) is 0 Å². The molecular weight excluding hydrogens is 330 g/mol. The van der Waals surface area contributed by atoms with Crippen molar-refractivity contribution < 1.29 is 9.53 Å². The third-order valence-corrected chi connectivity index (χ3v) is 3.97. The number of ether oxygens (including phenoxy) is 1. The number of rotatable bonds is 7. The van der Waals surface area contributed by atoms with Gasteiger partial charge in [-0.3, -0.25) is 14.9 Å². The van der Waals surface area contributed by atoms with Crippen LogP contribution in [-0.4, -0.2) is 47.4 Å². The largest absolute Gasteiger partial charge is 0.383 e. The van der Waals surface area contributed by atoms with Crippen LogP contribution < -0.4 is 10.6 Å². The van der Waals surface area contributed by atoms with E-state index in [1.165, 1.54) is 0 Å². The zero-order chi connectivity index (χ0) is 18.5. The van der Waals surface area contributed by atoms with Crippen molar-refractivity contribution in [2.24, 2.45) is 0 Å². The highest BCUT2D eigenvalue weighted by molar-refractivity contribution is 6.07. The number of amides is 1. The van der Waals surface area contributed by atoms with E-state index in [4.69, 9.17) is 4.74 Å². The van der Waals surface area contributed by atoms with Gasteiger partial charge in [-0.05, 0) is 31.5 Å². The minimum absolute atomic E-state index is 0.170. The highest BCUT2D eigenvalue weighted by atomic mass is 16.5. The van der Waals surface area contributed by atoms with E-state index < -0.39 is 0 Å². The number of aromatic nitrogens is 3. The molecule has 0 aliphatic rings. The second kappa shape index (κ2) is 7.97. The maximum absolute atomic E-state index is 12.6. The van der Waals surface area contributed by atoms with Gasteiger partial charge < -0.3 is 15.4 Å². The molecule has 3 aromatic rings. The molecule has 0 bridgehead atoms. The van der Waals surface area contributed by atoms with Crippen LogP contribution in [-0.2, 0) is 4.74 Å². The third kappa shape index (κ3) is 3.83. The molecule has 2 heterocycles. The van der Waals surface area contributed by atoms with Crippen LogP contribution in [0.5, 0.6) is 0 Å². The van der Waals surface area contributed by atoms with Gasteiger partial charge in [0, 0.05) is 43.0 Å². The second-order valence-electron chi connectivity index (χ2n) is 6.31.